The van der Waals surface area contributed by atoms with Crippen molar-refractivity contribution in [2.75, 3.05) is 26.9 Å². The van der Waals surface area contributed by atoms with E-state index in [0.29, 0.717) is 25.7 Å². The number of hydrogen-bond donors (Lipinski definition) is 1. The summed E-state index contributed by atoms with van der Waals surface area (Å²) >= 11 is 0. The van der Waals surface area contributed by atoms with Crippen LogP contribution in [0.5, 0.6) is 5.75 Å². The van der Waals surface area contributed by atoms with Gasteiger partial charge in [0, 0.05) is 24.8 Å². The number of ether oxygens (including phenoxy) is 3. The number of carbonyl (C=O) groups excluding carboxylic acids is 1. The molecule has 1 saturated heterocycles. The number of methoxy groups -OCH3 is 1. The summed E-state index contributed by atoms with van der Waals surface area (Å²) in [6, 6.07) is 3.02. The molecule has 2 rings (SSSR count). The summed E-state index contributed by atoms with van der Waals surface area (Å²) in [5.41, 5.74) is 0. The van der Waals surface area contributed by atoms with Gasteiger partial charge in [0.05, 0.1) is 20.3 Å². The van der Waals surface area contributed by atoms with Gasteiger partial charge >= 0.3 is 6.09 Å². The molecule has 1 aliphatic rings. The van der Waals surface area contributed by atoms with Gasteiger partial charge in [0.1, 0.15) is 23.5 Å². The summed E-state index contributed by atoms with van der Waals surface area (Å²) in [5, 5.41) is 2.57. The van der Waals surface area contributed by atoms with Gasteiger partial charge in [-0.3, -0.25) is 0 Å². The van der Waals surface area contributed by atoms with Gasteiger partial charge in [0.15, 0.2) is 0 Å². The third-order valence-corrected chi connectivity index (χ3v) is 2.57. The van der Waals surface area contributed by atoms with E-state index < -0.39 is 11.6 Å². The highest BCUT2D eigenvalue weighted by Crippen LogP contribution is 2.13. The molecule has 0 bridgehead atoms. The fraction of sp³-hybridized carbons (Fsp3) is 0.533. The van der Waals surface area contributed by atoms with E-state index in [2.05, 4.69) is 23.9 Å². The van der Waals surface area contributed by atoms with Crippen molar-refractivity contribution in [2.24, 2.45) is 5.92 Å². The van der Waals surface area contributed by atoms with E-state index in [9.17, 15) is 13.6 Å². The zero-order valence-electron chi connectivity index (χ0n) is 12.9. The Bertz CT molecular complexity index is 462. The molecule has 1 heterocycles. The molecular formula is C15H21F2NO4. The largest absolute Gasteiger partial charge is 0.497 e. The Balaban J connectivity index is 0.000000224. The first-order valence-corrected chi connectivity index (χ1v) is 6.93. The highest BCUT2D eigenvalue weighted by atomic mass is 19.1. The fourth-order valence-corrected chi connectivity index (χ4v) is 1.61. The minimum absolute atomic E-state index is 0.101. The van der Waals surface area contributed by atoms with Gasteiger partial charge in [-0.2, -0.15) is 0 Å². The summed E-state index contributed by atoms with van der Waals surface area (Å²) in [6.45, 7) is 5.94. The van der Waals surface area contributed by atoms with Gasteiger partial charge in [0.2, 0.25) is 0 Å². The Hall–Kier alpha value is -1.89. The molecular weight excluding hydrogens is 296 g/mol. The number of benzene rings is 1. The van der Waals surface area contributed by atoms with Crippen LogP contribution in [0, 0.1) is 17.6 Å². The van der Waals surface area contributed by atoms with Gasteiger partial charge in [-0.05, 0) is 5.92 Å². The van der Waals surface area contributed by atoms with Crippen LogP contribution in [-0.4, -0.2) is 39.1 Å². The zero-order chi connectivity index (χ0) is 16.5. The van der Waals surface area contributed by atoms with Crippen molar-refractivity contribution < 1.29 is 27.8 Å². The first-order valence-electron chi connectivity index (χ1n) is 6.93. The summed E-state index contributed by atoms with van der Waals surface area (Å²) < 4.78 is 39.4. The smallest absolute Gasteiger partial charge is 0.407 e. The lowest BCUT2D eigenvalue weighted by atomic mass is 10.2. The van der Waals surface area contributed by atoms with Crippen LogP contribution in [0.25, 0.3) is 0 Å². The molecule has 5 nitrogen and oxygen atoms in total. The number of rotatable bonds is 5. The number of carbonyl (C=O) groups is 1. The highest BCUT2D eigenvalue weighted by Gasteiger charge is 2.22. The number of nitrogens with one attached hydrogen (secondary N) is 1. The van der Waals surface area contributed by atoms with Crippen molar-refractivity contribution in [3.05, 3.63) is 29.8 Å². The van der Waals surface area contributed by atoms with E-state index in [1.165, 1.54) is 7.11 Å². The number of halogens is 2. The van der Waals surface area contributed by atoms with Gasteiger partial charge in [0.25, 0.3) is 0 Å². The topological polar surface area (TPSA) is 56.8 Å². The van der Waals surface area contributed by atoms with Crippen LogP contribution < -0.4 is 10.1 Å². The van der Waals surface area contributed by atoms with E-state index in [1.54, 1.807) is 0 Å². The lowest BCUT2D eigenvalue weighted by Crippen LogP contribution is -2.21. The normalized spacial score (nSPS) is 16.6. The molecule has 0 aliphatic carbocycles. The summed E-state index contributed by atoms with van der Waals surface area (Å²) in [7, 11) is 1.36. The molecule has 0 saturated carbocycles. The first-order chi connectivity index (χ1) is 10.4. The molecule has 1 unspecified atom stereocenters. The van der Waals surface area contributed by atoms with Gasteiger partial charge in [-0.15, -0.1) is 0 Å². The summed E-state index contributed by atoms with van der Waals surface area (Å²) in [4.78, 5) is 10.6. The maximum atomic E-state index is 12.3. The molecule has 0 spiro atoms. The van der Waals surface area contributed by atoms with Gasteiger partial charge < -0.3 is 19.5 Å². The van der Waals surface area contributed by atoms with Crippen LogP contribution >= 0.6 is 0 Å². The SMILES string of the molecule is CC(C)COCC1CNC(=O)O1.COc1cc(F)cc(F)c1. The lowest BCUT2D eigenvalue weighted by molar-refractivity contribution is 0.0351. The number of amides is 1. The molecule has 1 amide bonds. The zero-order valence-corrected chi connectivity index (χ0v) is 12.9. The van der Waals surface area contributed by atoms with Crippen molar-refractivity contribution >= 4 is 6.09 Å². The van der Waals surface area contributed by atoms with Crippen molar-refractivity contribution in [3.63, 3.8) is 0 Å². The second-order valence-electron chi connectivity index (χ2n) is 5.15. The molecule has 7 heteroatoms. The molecule has 1 aromatic rings. The average Bonchev–Trinajstić information content (AvgIpc) is 2.83. The average molecular weight is 317 g/mol. The number of hydrogen-bond acceptors (Lipinski definition) is 4. The first kappa shape index (κ1) is 18.2. The second-order valence-corrected chi connectivity index (χ2v) is 5.15. The number of cyclic esters (lactones) is 1. The molecule has 1 atom stereocenters. The van der Waals surface area contributed by atoms with Crippen LogP contribution in [0.15, 0.2) is 18.2 Å². The Morgan fingerprint density at radius 2 is 1.95 bits per heavy atom. The summed E-state index contributed by atoms with van der Waals surface area (Å²) in [5.74, 6) is -0.540. The third kappa shape index (κ3) is 7.21. The van der Waals surface area contributed by atoms with E-state index >= 15 is 0 Å². The standard InChI is InChI=1S/C8H15NO3.C7H6F2O/c1-6(2)4-11-5-7-3-9-8(10)12-7;1-10-7-3-5(8)2-6(9)4-7/h6-7H,3-5H2,1-2H3,(H,9,10);2-4H,1H3. The van der Waals surface area contributed by atoms with Crippen LogP contribution in [0.2, 0.25) is 0 Å². The molecule has 1 aromatic carbocycles. The number of alkyl carbamates (subject to hydrolysis) is 1. The van der Waals surface area contributed by atoms with E-state index in [0.717, 1.165) is 18.2 Å². The Morgan fingerprint density at radius 1 is 1.32 bits per heavy atom. The molecule has 1 N–H and O–H groups in total. The van der Waals surface area contributed by atoms with Crippen molar-refractivity contribution in [2.45, 2.75) is 20.0 Å². The van der Waals surface area contributed by atoms with Crippen LogP contribution in [0.1, 0.15) is 13.8 Å². The Kier molecular flexibility index (Phi) is 7.59. The predicted molar refractivity (Wildman–Crippen MR) is 76.8 cm³/mol. The molecule has 124 valence electrons. The van der Waals surface area contributed by atoms with E-state index in [-0.39, 0.29) is 17.9 Å². The molecule has 22 heavy (non-hydrogen) atoms. The van der Waals surface area contributed by atoms with Crippen LogP contribution in [-0.2, 0) is 9.47 Å². The van der Waals surface area contributed by atoms with Crippen LogP contribution in [0.3, 0.4) is 0 Å². The van der Waals surface area contributed by atoms with Crippen LogP contribution in [0.4, 0.5) is 13.6 Å². The minimum atomic E-state index is -0.628. The second kappa shape index (κ2) is 9.19. The summed E-state index contributed by atoms with van der Waals surface area (Å²) in [6.07, 6.45) is -0.440. The van der Waals surface area contributed by atoms with Crippen molar-refractivity contribution in [1.82, 2.24) is 5.32 Å². The molecule has 0 radical (unpaired) electrons. The monoisotopic (exact) mass is 317 g/mol. The van der Waals surface area contributed by atoms with Gasteiger partial charge in [-0.25, -0.2) is 13.6 Å². The third-order valence-electron chi connectivity index (χ3n) is 2.57. The van der Waals surface area contributed by atoms with Crippen molar-refractivity contribution in [1.29, 1.82) is 0 Å². The highest BCUT2D eigenvalue weighted by molar-refractivity contribution is 5.69. The molecule has 1 aliphatic heterocycles. The quantitative estimate of drug-likeness (QED) is 0.907. The van der Waals surface area contributed by atoms with E-state index in [1.807, 2.05) is 0 Å². The van der Waals surface area contributed by atoms with E-state index in [4.69, 9.17) is 9.47 Å². The Labute approximate surface area is 128 Å². The van der Waals surface area contributed by atoms with Crippen molar-refractivity contribution in [3.8, 4) is 5.75 Å². The predicted octanol–water partition coefficient (Wildman–Crippen LogP) is 2.74. The maximum absolute atomic E-state index is 12.3. The maximum Gasteiger partial charge on any atom is 0.407 e. The minimum Gasteiger partial charge on any atom is -0.497 e. The molecule has 0 aromatic heterocycles. The fourth-order valence-electron chi connectivity index (χ4n) is 1.61. The lowest BCUT2D eigenvalue weighted by Gasteiger charge is -2.09. The van der Waals surface area contributed by atoms with Gasteiger partial charge in [-0.1, -0.05) is 13.8 Å². The molecule has 1 fully saturated rings. The Morgan fingerprint density at radius 3 is 2.41 bits per heavy atom.